The molecule has 2 unspecified atom stereocenters. The maximum Gasteiger partial charge on any atom is 0.410 e. The number of carbonyl (C=O) groups excluding carboxylic acids is 2. The molecule has 4 atom stereocenters. The van der Waals surface area contributed by atoms with Crippen LogP contribution in [0.2, 0.25) is 0 Å². The van der Waals surface area contributed by atoms with Crippen LogP contribution < -0.4 is 10.5 Å². The summed E-state index contributed by atoms with van der Waals surface area (Å²) in [7, 11) is -2.30. The lowest BCUT2D eigenvalue weighted by molar-refractivity contribution is -0.131. The molecule has 0 bridgehead atoms. The summed E-state index contributed by atoms with van der Waals surface area (Å²) in [5.41, 5.74) is 0.253. The number of benzene rings is 1. The van der Waals surface area contributed by atoms with Crippen molar-refractivity contribution in [2.75, 3.05) is 19.4 Å². The second-order valence-corrected chi connectivity index (χ2v) is 11.3. The van der Waals surface area contributed by atoms with Gasteiger partial charge in [0.25, 0.3) is 0 Å². The number of carbonyl (C=O) groups is 2. The van der Waals surface area contributed by atoms with Gasteiger partial charge in [0.1, 0.15) is 5.60 Å². The molecule has 2 rings (SSSR count). The number of sulfonamides is 1. The summed E-state index contributed by atoms with van der Waals surface area (Å²) < 4.78 is 34.7. The number of ether oxygens (including phenoxy) is 2. The fraction of sp³-hybridized carbons (Fsp3) is 0.652. The highest BCUT2D eigenvalue weighted by molar-refractivity contribution is 7.89. The SMILES string of the molecule is CO[C@@H](C1CCCN1C(=O)OC(C)(C)C)[C@@H](C)C(=O)NC(Cc1ccccc1)CS(N)(=O)=O. The summed E-state index contributed by atoms with van der Waals surface area (Å²) in [6.45, 7) is 7.65. The first kappa shape index (κ1) is 27.1. The molecule has 0 aliphatic carbocycles. The zero-order valence-electron chi connectivity index (χ0n) is 20.1. The van der Waals surface area contributed by atoms with Crippen LogP contribution in [0.15, 0.2) is 30.3 Å². The fourth-order valence-corrected chi connectivity index (χ4v) is 4.95. The molecule has 10 heteroatoms. The molecule has 1 fully saturated rings. The van der Waals surface area contributed by atoms with Crippen molar-refractivity contribution in [1.29, 1.82) is 0 Å². The Hall–Kier alpha value is -2.17. The highest BCUT2D eigenvalue weighted by Crippen LogP contribution is 2.28. The van der Waals surface area contributed by atoms with Gasteiger partial charge in [0.2, 0.25) is 15.9 Å². The minimum absolute atomic E-state index is 0.320. The Kier molecular flexibility index (Phi) is 9.28. The van der Waals surface area contributed by atoms with Gasteiger partial charge >= 0.3 is 6.09 Å². The number of nitrogens with one attached hydrogen (secondary N) is 1. The lowest BCUT2D eigenvalue weighted by atomic mass is 9.94. The van der Waals surface area contributed by atoms with Crippen LogP contribution in [-0.4, -0.2) is 68.5 Å². The van der Waals surface area contributed by atoms with Gasteiger partial charge in [-0.15, -0.1) is 0 Å². The Bertz CT molecular complexity index is 901. The van der Waals surface area contributed by atoms with Gasteiger partial charge in [0.05, 0.1) is 23.8 Å². The Balaban J connectivity index is 2.13. The van der Waals surface area contributed by atoms with Gasteiger partial charge in [0, 0.05) is 19.7 Å². The van der Waals surface area contributed by atoms with E-state index in [0.29, 0.717) is 19.4 Å². The number of hydrogen-bond acceptors (Lipinski definition) is 6. The van der Waals surface area contributed by atoms with Crippen LogP contribution in [0, 0.1) is 5.92 Å². The summed E-state index contributed by atoms with van der Waals surface area (Å²) >= 11 is 0. The van der Waals surface area contributed by atoms with E-state index in [0.717, 1.165) is 12.0 Å². The van der Waals surface area contributed by atoms with E-state index in [2.05, 4.69) is 5.32 Å². The van der Waals surface area contributed by atoms with Crippen molar-refractivity contribution in [3.63, 3.8) is 0 Å². The lowest BCUT2D eigenvalue weighted by Gasteiger charge is -2.35. The molecule has 2 amide bonds. The van der Waals surface area contributed by atoms with Crippen molar-refractivity contribution >= 4 is 22.0 Å². The molecule has 1 aromatic carbocycles. The summed E-state index contributed by atoms with van der Waals surface area (Å²) in [5.74, 6) is -1.38. The third kappa shape index (κ3) is 8.60. The summed E-state index contributed by atoms with van der Waals surface area (Å²) in [6.07, 6.45) is 0.767. The first-order valence-electron chi connectivity index (χ1n) is 11.2. The smallest absolute Gasteiger partial charge is 0.410 e. The standard InChI is InChI=1S/C23H37N3O6S/c1-16(20(31-5)19-12-9-13-26(19)22(28)32-23(2,3)4)21(27)25-18(15-33(24,29)30)14-17-10-7-6-8-11-17/h6-8,10-11,16,18-20H,9,12-15H2,1-5H3,(H,25,27)(H2,24,29,30)/t16-,18?,19?,20-/m1/s1. The average Bonchev–Trinajstić information content (AvgIpc) is 3.16. The molecule has 0 spiro atoms. The van der Waals surface area contributed by atoms with E-state index in [1.54, 1.807) is 32.6 Å². The van der Waals surface area contributed by atoms with E-state index in [-0.39, 0.29) is 17.7 Å². The second-order valence-electron chi connectivity index (χ2n) is 9.60. The third-order valence-electron chi connectivity index (χ3n) is 5.59. The van der Waals surface area contributed by atoms with Crippen molar-refractivity contribution in [3.8, 4) is 0 Å². The van der Waals surface area contributed by atoms with Crippen molar-refractivity contribution in [2.24, 2.45) is 11.1 Å². The molecule has 1 saturated heterocycles. The topological polar surface area (TPSA) is 128 Å². The van der Waals surface area contributed by atoms with Gasteiger partial charge in [0.15, 0.2) is 0 Å². The van der Waals surface area contributed by atoms with Crippen LogP contribution in [-0.2, 0) is 30.7 Å². The van der Waals surface area contributed by atoms with E-state index in [1.807, 2.05) is 30.3 Å². The number of nitrogens with two attached hydrogens (primary N) is 1. The van der Waals surface area contributed by atoms with Crippen molar-refractivity contribution in [1.82, 2.24) is 10.2 Å². The summed E-state index contributed by atoms with van der Waals surface area (Å²) in [6, 6.07) is 8.26. The van der Waals surface area contributed by atoms with Crippen LogP contribution in [0.5, 0.6) is 0 Å². The molecule has 0 radical (unpaired) electrons. The number of amides is 2. The molecule has 0 aromatic heterocycles. The Labute approximate surface area is 197 Å². The zero-order chi connectivity index (χ0) is 24.8. The molecule has 0 saturated carbocycles. The number of methoxy groups -OCH3 is 1. The zero-order valence-corrected chi connectivity index (χ0v) is 20.9. The second kappa shape index (κ2) is 11.3. The molecule has 186 valence electrons. The van der Waals surface area contributed by atoms with Crippen molar-refractivity contribution in [2.45, 2.75) is 70.7 Å². The molecule has 3 N–H and O–H groups in total. The molecular formula is C23H37N3O6S. The molecule has 9 nitrogen and oxygen atoms in total. The Morgan fingerprint density at radius 1 is 1.24 bits per heavy atom. The molecule has 1 heterocycles. The van der Waals surface area contributed by atoms with Crippen molar-refractivity contribution < 1.29 is 27.5 Å². The van der Waals surface area contributed by atoms with Gasteiger partial charge < -0.3 is 19.7 Å². The lowest BCUT2D eigenvalue weighted by Crippen LogP contribution is -2.52. The maximum absolute atomic E-state index is 13.1. The van der Waals surface area contributed by atoms with Crippen LogP contribution in [0.25, 0.3) is 0 Å². The fourth-order valence-electron chi connectivity index (χ4n) is 4.19. The predicted octanol–water partition coefficient (Wildman–Crippen LogP) is 2.05. The monoisotopic (exact) mass is 483 g/mol. The Morgan fingerprint density at radius 3 is 2.42 bits per heavy atom. The normalized spacial score (nSPS) is 19.6. The average molecular weight is 484 g/mol. The minimum Gasteiger partial charge on any atom is -0.444 e. The Morgan fingerprint density at radius 2 is 1.88 bits per heavy atom. The quantitative estimate of drug-likeness (QED) is 0.553. The number of hydrogen-bond donors (Lipinski definition) is 2. The summed E-state index contributed by atoms with van der Waals surface area (Å²) in [4.78, 5) is 27.4. The van der Waals surface area contributed by atoms with Crippen LogP contribution >= 0.6 is 0 Å². The molecular weight excluding hydrogens is 446 g/mol. The molecule has 33 heavy (non-hydrogen) atoms. The van der Waals surface area contributed by atoms with E-state index in [1.165, 1.54) is 7.11 Å². The van der Waals surface area contributed by atoms with Crippen LogP contribution in [0.4, 0.5) is 4.79 Å². The number of nitrogens with zero attached hydrogens (tertiary/aromatic N) is 1. The molecule has 1 aromatic rings. The van der Waals surface area contributed by atoms with E-state index in [4.69, 9.17) is 14.6 Å². The third-order valence-corrected chi connectivity index (χ3v) is 6.46. The molecule has 1 aliphatic rings. The maximum atomic E-state index is 13.1. The van der Waals surface area contributed by atoms with E-state index >= 15 is 0 Å². The highest BCUT2D eigenvalue weighted by atomic mass is 32.2. The molecule has 1 aliphatic heterocycles. The van der Waals surface area contributed by atoms with Gasteiger partial charge in [-0.25, -0.2) is 18.4 Å². The van der Waals surface area contributed by atoms with Gasteiger partial charge in [-0.1, -0.05) is 37.3 Å². The first-order chi connectivity index (χ1) is 15.3. The first-order valence-corrected chi connectivity index (χ1v) is 12.9. The number of rotatable bonds is 9. The largest absolute Gasteiger partial charge is 0.444 e. The van der Waals surface area contributed by atoms with Gasteiger partial charge in [-0.05, 0) is 45.6 Å². The van der Waals surface area contributed by atoms with Crippen molar-refractivity contribution in [3.05, 3.63) is 35.9 Å². The highest BCUT2D eigenvalue weighted by Gasteiger charge is 2.41. The number of likely N-dealkylation sites (tertiary alicyclic amines) is 1. The van der Waals surface area contributed by atoms with Crippen LogP contribution in [0.3, 0.4) is 0 Å². The number of primary sulfonamides is 1. The van der Waals surface area contributed by atoms with E-state index in [9.17, 15) is 18.0 Å². The minimum atomic E-state index is -3.81. The van der Waals surface area contributed by atoms with Gasteiger partial charge in [-0.2, -0.15) is 0 Å². The van der Waals surface area contributed by atoms with E-state index < -0.39 is 39.8 Å². The predicted molar refractivity (Wildman–Crippen MR) is 126 cm³/mol. The van der Waals surface area contributed by atoms with Gasteiger partial charge in [-0.3, -0.25) is 4.79 Å². The summed E-state index contributed by atoms with van der Waals surface area (Å²) in [5, 5.41) is 8.10. The van der Waals surface area contributed by atoms with Crippen LogP contribution in [0.1, 0.15) is 46.1 Å².